The number of rotatable bonds is 8. The van der Waals surface area contributed by atoms with Gasteiger partial charge in [0.05, 0.1) is 4.90 Å². The number of sulfonamides is 1. The molecule has 0 saturated carbocycles. The molecule has 1 atom stereocenters. The highest BCUT2D eigenvalue weighted by Gasteiger charge is 2.27. The van der Waals surface area contributed by atoms with Crippen LogP contribution in [-0.2, 0) is 24.3 Å². The summed E-state index contributed by atoms with van der Waals surface area (Å²) in [6, 6.07) is 13.4. The summed E-state index contributed by atoms with van der Waals surface area (Å²) in [6.07, 6.45) is 1.65. The molecule has 170 valence electrons. The minimum absolute atomic E-state index is 0.0893. The normalized spacial score (nSPS) is 15.0. The molecule has 0 unspecified atom stereocenters. The van der Waals surface area contributed by atoms with Crippen molar-refractivity contribution < 1.29 is 27.5 Å². The lowest BCUT2D eigenvalue weighted by Gasteiger charge is -2.16. The lowest BCUT2D eigenvalue weighted by Crippen LogP contribution is -2.40. The molecule has 0 radical (unpaired) electrons. The molecule has 2 N–H and O–H groups in total. The summed E-state index contributed by atoms with van der Waals surface area (Å²) in [5, 5.41) is 5.02. The first-order chi connectivity index (χ1) is 15.3. The van der Waals surface area contributed by atoms with Gasteiger partial charge in [0.2, 0.25) is 10.0 Å². The van der Waals surface area contributed by atoms with Crippen LogP contribution in [0.15, 0.2) is 59.5 Å². The smallest absolute Gasteiger partial charge is 0.328 e. The van der Waals surface area contributed by atoms with Crippen LogP contribution in [0.4, 0.5) is 5.69 Å². The number of anilines is 1. The van der Waals surface area contributed by atoms with Gasteiger partial charge in [0.1, 0.15) is 6.04 Å². The highest BCUT2D eigenvalue weighted by molar-refractivity contribution is 7.89. The number of carbonyl (C=O) groups is 3. The van der Waals surface area contributed by atoms with Gasteiger partial charge in [0.25, 0.3) is 11.8 Å². The molecule has 3 rings (SSSR count). The molecule has 10 heteroatoms. The third kappa shape index (κ3) is 5.92. The Morgan fingerprint density at radius 2 is 1.72 bits per heavy atom. The Balaban J connectivity index is 1.51. The molecule has 2 aromatic carbocycles. The second-order valence-electron chi connectivity index (χ2n) is 7.36. The molecule has 0 bridgehead atoms. The van der Waals surface area contributed by atoms with Crippen molar-refractivity contribution in [2.75, 3.05) is 25.0 Å². The molecule has 1 heterocycles. The lowest BCUT2D eigenvalue weighted by atomic mass is 10.2. The van der Waals surface area contributed by atoms with E-state index in [2.05, 4.69) is 10.6 Å². The van der Waals surface area contributed by atoms with Crippen LogP contribution in [-0.4, -0.2) is 56.2 Å². The maximum absolute atomic E-state index is 12.7. The minimum Gasteiger partial charge on any atom is -0.454 e. The van der Waals surface area contributed by atoms with Crippen LogP contribution >= 0.6 is 0 Å². The maximum atomic E-state index is 12.7. The first-order valence-electron chi connectivity index (χ1n) is 10.2. The Labute approximate surface area is 186 Å². The number of carbonyl (C=O) groups excluding carboxylic acids is 3. The zero-order chi connectivity index (χ0) is 23.1. The van der Waals surface area contributed by atoms with Gasteiger partial charge < -0.3 is 15.4 Å². The van der Waals surface area contributed by atoms with Crippen molar-refractivity contribution in [3.05, 3.63) is 60.2 Å². The van der Waals surface area contributed by atoms with Crippen LogP contribution in [0.2, 0.25) is 0 Å². The Morgan fingerprint density at radius 3 is 2.41 bits per heavy atom. The van der Waals surface area contributed by atoms with Crippen molar-refractivity contribution in [1.82, 2.24) is 9.62 Å². The Bertz CT molecular complexity index is 1080. The van der Waals surface area contributed by atoms with E-state index in [4.69, 9.17) is 4.74 Å². The summed E-state index contributed by atoms with van der Waals surface area (Å²) in [4.78, 5) is 36.4. The van der Waals surface area contributed by atoms with Crippen molar-refractivity contribution in [3.8, 4) is 0 Å². The summed E-state index contributed by atoms with van der Waals surface area (Å²) in [5.74, 6) is -1.83. The number of benzene rings is 2. The standard InChI is InChI=1S/C22H25N3O6S/c1-16(23-21(27)17-8-3-2-4-9-17)22(28)31-15-20(26)24-18-10-7-11-19(14-18)32(29,30)25-12-5-6-13-25/h2-4,7-11,14,16H,5-6,12-13,15H2,1H3,(H,23,27)(H,24,26)/t16-/m1/s1. The minimum atomic E-state index is -3.61. The van der Waals surface area contributed by atoms with Gasteiger partial charge in [-0.3, -0.25) is 9.59 Å². The summed E-state index contributed by atoms with van der Waals surface area (Å²) in [6.45, 7) is 1.84. The molecule has 1 fully saturated rings. The van der Waals surface area contributed by atoms with Crippen LogP contribution in [0.5, 0.6) is 0 Å². The van der Waals surface area contributed by atoms with E-state index in [0.29, 0.717) is 18.7 Å². The number of esters is 1. The number of hydrogen-bond donors (Lipinski definition) is 2. The largest absolute Gasteiger partial charge is 0.454 e. The Kier molecular flexibility index (Phi) is 7.60. The maximum Gasteiger partial charge on any atom is 0.328 e. The van der Waals surface area contributed by atoms with Crippen LogP contribution < -0.4 is 10.6 Å². The Morgan fingerprint density at radius 1 is 1.03 bits per heavy atom. The van der Waals surface area contributed by atoms with E-state index < -0.39 is 40.5 Å². The predicted molar refractivity (Wildman–Crippen MR) is 117 cm³/mol. The molecule has 2 amide bonds. The molecule has 1 aliphatic rings. The molecule has 9 nitrogen and oxygen atoms in total. The lowest BCUT2D eigenvalue weighted by molar-refractivity contribution is -0.148. The van der Waals surface area contributed by atoms with E-state index in [1.807, 2.05) is 0 Å². The van der Waals surface area contributed by atoms with Gasteiger partial charge in [0, 0.05) is 24.3 Å². The Hall–Kier alpha value is -3.24. The molecule has 32 heavy (non-hydrogen) atoms. The van der Waals surface area contributed by atoms with Gasteiger partial charge in [-0.05, 0) is 50.1 Å². The fourth-order valence-corrected chi connectivity index (χ4v) is 4.76. The van der Waals surface area contributed by atoms with Gasteiger partial charge in [-0.1, -0.05) is 24.3 Å². The van der Waals surface area contributed by atoms with E-state index in [1.54, 1.807) is 36.4 Å². The second kappa shape index (κ2) is 10.4. The molecule has 1 aliphatic heterocycles. The van der Waals surface area contributed by atoms with Crippen molar-refractivity contribution in [2.45, 2.75) is 30.7 Å². The molecular formula is C22H25N3O6S. The van der Waals surface area contributed by atoms with E-state index >= 15 is 0 Å². The number of amides is 2. The van der Waals surface area contributed by atoms with Crippen LogP contribution in [0.1, 0.15) is 30.1 Å². The summed E-state index contributed by atoms with van der Waals surface area (Å²) in [5.41, 5.74) is 0.672. The molecule has 0 aliphatic carbocycles. The van der Waals surface area contributed by atoms with Crippen LogP contribution in [0.25, 0.3) is 0 Å². The summed E-state index contributed by atoms with van der Waals surface area (Å²) >= 11 is 0. The molecule has 0 spiro atoms. The number of nitrogens with one attached hydrogen (secondary N) is 2. The fraction of sp³-hybridized carbons (Fsp3) is 0.318. The zero-order valence-electron chi connectivity index (χ0n) is 17.6. The molecule has 2 aromatic rings. The quantitative estimate of drug-likeness (QED) is 0.580. The van der Waals surface area contributed by atoms with E-state index in [9.17, 15) is 22.8 Å². The third-order valence-electron chi connectivity index (χ3n) is 4.90. The SMILES string of the molecule is C[C@@H](NC(=O)c1ccccc1)C(=O)OCC(=O)Nc1cccc(S(=O)(=O)N2CCCC2)c1. The fourth-order valence-electron chi connectivity index (χ4n) is 3.20. The monoisotopic (exact) mass is 459 g/mol. The highest BCUT2D eigenvalue weighted by atomic mass is 32.2. The number of nitrogens with zero attached hydrogens (tertiary/aromatic N) is 1. The highest BCUT2D eigenvalue weighted by Crippen LogP contribution is 2.23. The summed E-state index contributed by atoms with van der Waals surface area (Å²) in [7, 11) is -3.61. The number of ether oxygens (including phenoxy) is 1. The van der Waals surface area contributed by atoms with Gasteiger partial charge >= 0.3 is 5.97 Å². The second-order valence-corrected chi connectivity index (χ2v) is 9.29. The van der Waals surface area contributed by atoms with Gasteiger partial charge in [0.15, 0.2) is 6.61 Å². The van der Waals surface area contributed by atoms with E-state index in [1.165, 1.54) is 29.4 Å². The molecular weight excluding hydrogens is 434 g/mol. The van der Waals surface area contributed by atoms with E-state index in [0.717, 1.165) is 12.8 Å². The summed E-state index contributed by atoms with van der Waals surface area (Å²) < 4.78 is 31.7. The molecule has 1 saturated heterocycles. The third-order valence-corrected chi connectivity index (χ3v) is 6.80. The average molecular weight is 460 g/mol. The van der Waals surface area contributed by atoms with Crippen molar-refractivity contribution >= 4 is 33.5 Å². The van der Waals surface area contributed by atoms with Crippen molar-refractivity contribution in [3.63, 3.8) is 0 Å². The first-order valence-corrected chi connectivity index (χ1v) is 11.6. The molecule has 0 aromatic heterocycles. The van der Waals surface area contributed by atoms with Crippen molar-refractivity contribution in [2.24, 2.45) is 0 Å². The first kappa shape index (κ1) is 23.4. The predicted octanol–water partition coefficient (Wildman–Crippen LogP) is 1.77. The van der Waals surface area contributed by atoms with Gasteiger partial charge in [-0.25, -0.2) is 13.2 Å². The topological polar surface area (TPSA) is 122 Å². The average Bonchev–Trinajstić information content (AvgIpc) is 3.34. The van der Waals surface area contributed by atoms with Crippen LogP contribution in [0, 0.1) is 0 Å². The van der Waals surface area contributed by atoms with E-state index in [-0.39, 0.29) is 10.6 Å². The van der Waals surface area contributed by atoms with Crippen molar-refractivity contribution in [1.29, 1.82) is 0 Å². The van der Waals surface area contributed by atoms with Crippen LogP contribution in [0.3, 0.4) is 0 Å². The zero-order valence-corrected chi connectivity index (χ0v) is 18.4. The van der Waals surface area contributed by atoms with Gasteiger partial charge in [-0.2, -0.15) is 4.31 Å². The van der Waals surface area contributed by atoms with Gasteiger partial charge in [-0.15, -0.1) is 0 Å². The number of hydrogen-bond acceptors (Lipinski definition) is 6.